The molecule has 0 aliphatic rings. The minimum atomic E-state index is -1.12. The third kappa shape index (κ3) is 13.6. The topological polar surface area (TPSA) is 76.5 Å². The second-order valence-electron chi connectivity index (χ2n) is 7.87. The Hall–Kier alpha value is -1.80. The average Bonchev–Trinajstić information content (AvgIpc) is 3.48. The molecule has 1 aromatic carbocycles. The molecular formula is C21H35BN6OP2Ru+2. The van der Waals surface area contributed by atoms with E-state index in [0.29, 0.717) is 0 Å². The average molecular weight is 561 g/mol. The number of aromatic nitrogens is 6. The summed E-state index contributed by atoms with van der Waals surface area (Å²) < 4.78 is 5.62. The van der Waals surface area contributed by atoms with E-state index < -0.39 is 7.12 Å². The van der Waals surface area contributed by atoms with E-state index in [1.807, 2.05) is 56.6 Å². The van der Waals surface area contributed by atoms with E-state index in [0.717, 1.165) is 0 Å². The molecule has 0 saturated heterocycles. The molecule has 7 nitrogen and oxygen atoms in total. The molecule has 0 fully saturated rings. The van der Waals surface area contributed by atoms with E-state index in [9.17, 15) is 5.11 Å². The van der Waals surface area contributed by atoms with Gasteiger partial charge in [-0.1, -0.05) is 30.3 Å². The fourth-order valence-corrected chi connectivity index (χ4v) is 2.27. The van der Waals surface area contributed by atoms with E-state index in [1.54, 1.807) is 30.7 Å². The van der Waals surface area contributed by atoms with Crippen LogP contribution < -0.4 is 5.11 Å². The van der Waals surface area contributed by atoms with Gasteiger partial charge < -0.3 is 18.9 Å². The molecule has 32 heavy (non-hydrogen) atoms. The summed E-state index contributed by atoms with van der Waals surface area (Å²) in [5, 5.41) is 23.1. The van der Waals surface area contributed by atoms with Gasteiger partial charge in [0, 0.05) is 58.6 Å². The first-order valence-corrected chi connectivity index (χ1v) is 16.2. The zero-order valence-corrected chi connectivity index (χ0v) is 23.5. The van der Waals surface area contributed by atoms with Crippen molar-refractivity contribution in [1.29, 1.82) is 0 Å². The van der Waals surface area contributed by atoms with Crippen LogP contribution in [-0.2, 0) is 19.5 Å². The van der Waals surface area contributed by atoms with Crippen molar-refractivity contribution < 1.29 is 24.6 Å². The smallest absolute Gasteiger partial charge is 0.872 e. The van der Waals surface area contributed by atoms with Gasteiger partial charge in [-0.3, -0.25) is 0 Å². The first kappa shape index (κ1) is 30.2. The maximum absolute atomic E-state index is 10.3. The van der Waals surface area contributed by atoms with E-state index in [1.165, 1.54) is 12.1 Å². The van der Waals surface area contributed by atoms with Gasteiger partial charge in [0.15, 0.2) is 0 Å². The normalized spacial score (nSPS) is 9.66. The van der Waals surface area contributed by atoms with Crippen LogP contribution in [0, 0.1) is 0 Å². The SMILES string of the molecule is C[PH+](C)C.C[PH+](C)C.[O-]c1ccccc1.[Ru+2].c1cnn([BH-](n2cccn2)n2cccn2)c1. The van der Waals surface area contributed by atoms with Crippen LogP contribution in [0.25, 0.3) is 0 Å². The van der Waals surface area contributed by atoms with Crippen molar-refractivity contribution in [3.63, 3.8) is 0 Å². The summed E-state index contributed by atoms with van der Waals surface area (Å²) in [6.45, 7) is 13.6. The number of benzene rings is 1. The number of rotatable bonds is 3. The molecule has 174 valence electrons. The van der Waals surface area contributed by atoms with Gasteiger partial charge in [-0.15, -0.1) is 5.75 Å². The first-order chi connectivity index (χ1) is 14.8. The summed E-state index contributed by atoms with van der Waals surface area (Å²) in [6.07, 6.45) is 11.0. The molecule has 0 atom stereocenters. The van der Waals surface area contributed by atoms with Crippen molar-refractivity contribution in [2.45, 2.75) is 0 Å². The Morgan fingerprint density at radius 3 is 1.12 bits per heavy atom. The molecule has 4 rings (SSSR count). The Balaban J connectivity index is 0.000000502. The van der Waals surface area contributed by atoms with Crippen LogP contribution in [0.3, 0.4) is 0 Å². The second kappa shape index (κ2) is 17.7. The van der Waals surface area contributed by atoms with Gasteiger partial charge in [-0.2, -0.15) is 0 Å². The van der Waals surface area contributed by atoms with Crippen molar-refractivity contribution in [1.82, 2.24) is 29.1 Å². The molecule has 4 aromatic rings. The number of nitrogens with zero attached hydrogens (tertiary/aromatic N) is 6. The molecule has 0 aliphatic heterocycles. The maximum Gasteiger partial charge on any atom is 2.00 e. The Morgan fingerprint density at radius 1 is 0.625 bits per heavy atom. The molecule has 0 amide bonds. The summed E-state index contributed by atoms with van der Waals surface area (Å²) in [6, 6.07) is 14.0. The number of para-hydroxylation sites is 1. The van der Waals surface area contributed by atoms with Crippen molar-refractivity contribution in [2.75, 3.05) is 40.0 Å². The summed E-state index contributed by atoms with van der Waals surface area (Å²) in [4.78, 5) is 0. The van der Waals surface area contributed by atoms with Gasteiger partial charge in [-0.05, 0) is 52.6 Å². The van der Waals surface area contributed by atoms with Gasteiger partial charge in [0.05, 0.1) is 0 Å². The van der Waals surface area contributed by atoms with Gasteiger partial charge in [0.25, 0.3) is 0 Å². The standard InChI is InChI=1S/C9H10BN6.C6H6O.2C3H9P.Ru/c1-4-11-14(7-1)10(15-8-2-5-12-15)16-9-3-6-13-16;7-6-4-2-1-3-5-6;2*1-4(2)3;/h1-10H;1-5,7H;2*1-3H3;/q-1;;;;+2/p+1. The fourth-order valence-electron chi connectivity index (χ4n) is 2.27. The molecule has 0 unspecified atom stereocenters. The summed E-state index contributed by atoms with van der Waals surface area (Å²) in [7, 11) is -0.884. The third-order valence-corrected chi connectivity index (χ3v) is 3.29. The van der Waals surface area contributed by atoms with Crippen LogP contribution in [0.1, 0.15) is 0 Å². The molecule has 0 saturated carbocycles. The number of hydrogen-bond donors (Lipinski definition) is 0. The fraction of sp³-hybridized carbons (Fsp3) is 0.286. The molecular weight excluding hydrogens is 526 g/mol. The van der Waals surface area contributed by atoms with Crippen molar-refractivity contribution in [3.05, 3.63) is 85.7 Å². The molecule has 0 radical (unpaired) electrons. The predicted octanol–water partition coefficient (Wildman–Crippen LogP) is 2.88. The van der Waals surface area contributed by atoms with E-state index >= 15 is 0 Å². The van der Waals surface area contributed by atoms with E-state index in [-0.39, 0.29) is 41.1 Å². The first-order valence-electron chi connectivity index (χ1n) is 10.2. The maximum atomic E-state index is 10.3. The van der Waals surface area contributed by atoms with Crippen LogP contribution >= 0.6 is 15.8 Å². The van der Waals surface area contributed by atoms with Crippen LogP contribution in [0.4, 0.5) is 0 Å². The molecule has 11 heteroatoms. The number of hydrogen-bond acceptors (Lipinski definition) is 4. The summed E-state index contributed by atoms with van der Waals surface area (Å²) in [5.41, 5.74) is 0. The van der Waals surface area contributed by atoms with E-state index in [4.69, 9.17) is 0 Å². The van der Waals surface area contributed by atoms with Crippen LogP contribution in [0.5, 0.6) is 5.75 Å². The largest absolute Gasteiger partial charge is 2.00 e. The monoisotopic (exact) mass is 562 g/mol. The minimum Gasteiger partial charge on any atom is -0.872 e. The van der Waals surface area contributed by atoms with Gasteiger partial charge in [0.2, 0.25) is 0 Å². The Kier molecular flexibility index (Phi) is 16.7. The molecule has 3 heterocycles. The summed E-state index contributed by atoms with van der Waals surface area (Å²) >= 11 is 0. The van der Waals surface area contributed by atoms with Crippen molar-refractivity contribution in [2.24, 2.45) is 0 Å². The predicted molar refractivity (Wildman–Crippen MR) is 138 cm³/mol. The van der Waals surface area contributed by atoms with Gasteiger partial charge in [0.1, 0.15) is 0 Å². The van der Waals surface area contributed by atoms with Crippen molar-refractivity contribution in [3.8, 4) is 5.75 Å². The minimum absolute atomic E-state index is 0. The second-order valence-corrected chi connectivity index (χ2v) is 13.9. The van der Waals surface area contributed by atoms with Crippen LogP contribution in [-0.4, -0.2) is 76.2 Å². The third-order valence-electron chi connectivity index (χ3n) is 3.29. The molecule has 0 bridgehead atoms. The molecule has 0 N–H and O–H groups in total. The molecule has 0 spiro atoms. The van der Waals surface area contributed by atoms with Gasteiger partial charge in [-0.25, -0.2) is 15.3 Å². The van der Waals surface area contributed by atoms with Crippen molar-refractivity contribution >= 4 is 23.0 Å². The Labute approximate surface area is 207 Å². The van der Waals surface area contributed by atoms with Crippen LogP contribution in [0.2, 0.25) is 0 Å². The summed E-state index contributed by atoms with van der Waals surface area (Å²) in [5.74, 6) is 0.0718. The zero-order chi connectivity index (χ0) is 23.1. The quantitative estimate of drug-likeness (QED) is 0.285. The molecule has 0 aliphatic carbocycles. The van der Waals surface area contributed by atoms with E-state index in [2.05, 4.69) is 55.3 Å². The Morgan fingerprint density at radius 2 is 0.938 bits per heavy atom. The van der Waals surface area contributed by atoms with Gasteiger partial charge >= 0.3 is 26.6 Å². The van der Waals surface area contributed by atoms with Crippen LogP contribution in [0.15, 0.2) is 85.7 Å². The Bertz CT molecular complexity index is 799. The molecule has 3 aromatic heterocycles. The zero-order valence-electron chi connectivity index (χ0n) is 19.7.